The number of rotatable bonds is 3. The smallest absolute Gasteiger partial charge is 0.226 e. The van der Waals surface area contributed by atoms with Gasteiger partial charge in [-0.15, -0.1) is 0 Å². The summed E-state index contributed by atoms with van der Waals surface area (Å²) in [4.78, 5) is 27.7. The average molecular weight is 297 g/mol. The van der Waals surface area contributed by atoms with Crippen LogP contribution in [0.2, 0.25) is 0 Å². The van der Waals surface area contributed by atoms with Crippen molar-refractivity contribution in [1.29, 1.82) is 0 Å². The fourth-order valence-corrected chi connectivity index (χ4v) is 3.28. The van der Waals surface area contributed by atoms with Gasteiger partial charge in [-0.3, -0.25) is 14.3 Å². The van der Waals surface area contributed by atoms with Gasteiger partial charge in [-0.05, 0) is 25.7 Å². The third kappa shape index (κ3) is 2.28. The van der Waals surface area contributed by atoms with Crippen molar-refractivity contribution < 1.29 is 4.79 Å². The van der Waals surface area contributed by atoms with Gasteiger partial charge in [-0.25, -0.2) is 9.97 Å². The molecule has 1 saturated carbocycles. The van der Waals surface area contributed by atoms with Crippen LogP contribution in [0.15, 0.2) is 31.1 Å². The molecule has 0 N–H and O–H groups in total. The van der Waals surface area contributed by atoms with Gasteiger partial charge in [0.05, 0.1) is 24.1 Å². The van der Waals surface area contributed by atoms with E-state index in [9.17, 15) is 4.79 Å². The lowest BCUT2D eigenvalue weighted by Gasteiger charge is -2.32. The average Bonchev–Trinajstić information content (AvgIpc) is 3.17. The molecule has 2 aromatic heterocycles. The molecule has 0 radical (unpaired) electrons. The lowest BCUT2D eigenvalue weighted by molar-refractivity contribution is -0.139. The van der Waals surface area contributed by atoms with E-state index in [2.05, 4.69) is 9.97 Å². The fourth-order valence-electron chi connectivity index (χ4n) is 3.28. The highest BCUT2D eigenvalue weighted by atomic mass is 16.2. The topological polar surface area (TPSA) is 63.9 Å². The number of likely N-dealkylation sites (tertiary alicyclic amines) is 1. The predicted molar refractivity (Wildman–Crippen MR) is 80.2 cm³/mol. The molecule has 1 atom stereocenters. The minimum atomic E-state index is 0.0732. The lowest BCUT2D eigenvalue weighted by atomic mass is 9.84. The summed E-state index contributed by atoms with van der Waals surface area (Å²) in [5.41, 5.74) is 0.886. The Kier molecular flexibility index (Phi) is 3.36. The number of nitrogens with zero attached hydrogens (tertiary/aromatic N) is 5. The van der Waals surface area contributed by atoms with Crippen LogP contribution in [0.4, 0.5) is 0 Å². The monoisotopic (exact) mass is 297 g/mol. The van der Waals surface area contributed by atoms with Crippen LogP contribution in [0.25, 0.3) is 5.82 Å². The Morgan fingerprint density at radius 1 is 1.14 bits per heavy atom. The Bertz CT molecular complexity index is 665. The molecule has 114 valence electrons. The number of hydrogen-bond acceptors (Lipinski definition) is 4. The van der Waals surface area contributed by atoms with Crippen molar-refractivity contribution in [3.63, 3.8) is 0 Å². The molecular weight excluding hydrogens is 278 g/mol. The molecule has 2 fully saturated rings. The van der Waals surface area contributed by atoms with Gasteiger partial charge in [-0.1, -0.05) is 6.42 Å². The van der Waals surface area contributed by atoms with Crippen LogP contribution >= 0.6 is 0 Å². The molecular formula is C16H19N5O. The molecule has 0 bridgehead atoms. The Morgan fingerprint density at radius 2 is 2.05 bits per heavy atom. The largest absolute Gasteiger partial charge is 0.334 e. The summed E-state index contributed by atoms with van der Waals surface area (Å²) < 4.78 is 1.84. The molecule has 0 aromatic carbocycles. The van der Waals surface area contributed by atoms with Gasteiger partial charge in [0.1, 0.15) is 6.33 Å². The van der Waals surface area contributed by atoms with Gasteiger partial charge >= 0.3 is 0 Å². The number of aromatic nitrogens is 4. The summed E-state index contributed by atoms with van der Waals surface area (Å²) in [7, 11) is 0. The van der Waals surface area contributed by atoms with Gasteiger partial charge in [0.25, 0.3) is 0 Å². The van der Waals surface area contributed by atoms with Crippen molar-refractivity contribution in [3.05, 3.63) is 36.8 Å². The van der Waals surface area contributed by atoms with E-state index in [0.717, 1.165) is 43.7 Å². The van der Waals surface area contributed by atoms with Gasteiger partial charge < -0.3 is 4.90 Å². The maximum absolute atomic E-state index is 12.6. The molecule has 1 aliphatic carbocycles. The summed E-state index contributed by atoms with van der Waals surface area (Å²) in [5, 5.41) is 0. The molecule has 0 spiro atoms. The van der Waals surface area contributed by atoms with E-state index in [-0.39, 0.29) is 12.0 Å². The predicted octanol–water partition coefficient (Wildman–Crippen LogP) is 2.13. The highest BCUT2D eigenvalue weighted by molar-refractivity contribution is 5.80. The Hall–Kier alpha value is -2.24. The third-order valence-corrected chi connectivity index (χ3v) is 4.74. The minimum Gasteiger partial charge on any atom is -0.334 e. The highest BCUT2D eigenvalue weighted by Crippen LogP contribution is 2.36. The second kappa shape index (κ2) is 5.51. The number of carbonyl (C=O) groups is 1. The zero-order valence-corrected chi connectivity index (χ0v) is 12.4. The minimum absolute atomic E-state index is 0.0732. The van der Waals surface area contributed by atoms with Crippen LogP contribution in [-0.4, -0.2) is 36.9 Å². The summed E-state index contributed by atoms with van der Waals surface area (Å²) in [6.07, 6.45) is 14.1. The standard InChI is InChI=1S/C16H19N5O/c22-16(12-3-1-4-12)21-7-2-5-14(21)13-9-18-10-15(19-13)20-8-6-17-11-20/h6,8-12,14H,1-5,7H2/t14-/m1/s1. The van der Waals surface area contributed by atoms with E-state index in [1.807, 2.05) is 15.7 Å². The number of hydrogen-bond donors (Lipinski definition) is 0. The zero-order valence-electron chi connectivity index (χ0n) is 12.4. The van der Waals surface area contributed by atoms with Crippen molar-refractivity contribution >= 4 is 5.91 Å². The van der Waals surface area contributed by atoms with Gasteiger partial charge in [0.2, 0.25) is 5.91 Å². The Morgan fingerprint density at radius 3 is 2.77 bits per heavy atom. The Labute approximate surface area is 129 Å². The van der Waals surface area contributed by atoms with Crippen molar-refractivity contribution in [2.45, 2.75) is 38.1 Å². The molecule has 2 aliphatic rings. The third-order valence-electron chi connectivity index (χ3n) is 4.74. The van der Waals surface area contributed by atoms with E-state index in [4.69, 9.17) is 4.98 Å². The number of amides is 1. The molecule has 0 unspecified atom stereocenters. The molecule has 1 amide bonds. The summed E-state index contributed by atoms with van der Waals surface area (Å²) in [6.45, 7) is 0.844. The van der Waals surface area contributed by atoms with Crippen LogP contribution in [0, 0.1) is 5.92 Å². The van der Waals surface area contributed by atoms with Gasteiger partial charge in [0, 0.05) is 24.9 Å². The molecule has 6 nitrogen and oxygen atoms in total. The molecule has 6 heteroatoms. The van der Waals surface area contributed by atoms with E-state index in [1.54, 1.807) is 24.9 Å². The maximum atomic E-state index is 12.6. The summed E-state index contributed by atoms with van der Waals surface area (Å²) >= 11 is 0. The first-order valence-electron chi connectivity index (χ1n) is 7.93. The molecule has 1 saturated heterocycles. The number of carbonyl (C=O) groups excluding carboxylic acids is 1. The molecule has 1 aliphatic heterocycles. The van der Waals surface area contributed by atoms with Crippen molar-refractivity contribution in [1.82, 2.24) is 24.4 Å². The second-order valence-corrected chi connectivity index (χ2v) is 6.09. The zero-order chi connectivity index (χ0) is 14.9. The Balaban J connectivity index is 1.60. The SMILES string of the molecule is O=C(C1CCC1)N1CCC[C@@H]1c1cncc(-n2ccnc2)n1. The summed E-state index contributed by atoms with van der Waals surface area (Å²) in [6, 6.07) is 0.0732. The van der Waals surface area contributed by atoms with Gasteiger partial charge in [0.15, 0.2) is 5.82 Å². The summed E-state index contributed by atoms with van der Waals surface area (Å²) in [5.74, 6) is 1.30. The normalized spacial score (nSPS) is 21.8. The first-order valence-corrected chi connectivity index (χ1v) is 7.93. The maximum Gasteiger partial charge on any atom is 0.226 e. The van der Waals surface area contributed by atoms with E-state index < -0.39 is 0 Å². The van der Waals surface area contributed by atoms with E-state index in [1.165, 1.54) is 6.42 Å². The van der Waals surface area contributed by atoms with E-state index >= 15 is 0 Å². The molecule has 4 rings (SSSR count). The van der Waals surface area contributed by atoms with Crippen LogP contribution in [0.5, 0.6) is 0 Å². The molecule has 3 heterocycles. The van der Waals surface area contributed by atoms with Gasteiger partial charge in [-0.2, -0.15) is 0 Å². The first kappa shape index (κ1) is 13.4. The fraction of sp³-hybridized carbons (Fsp3) is 0.500. The number of imidazole rings is 1. The van der Waals surface area contributed by atoms with Crippen LogP contribution in [-0.2, 0) is 4.79 Å². The van der Waals surface area contributed by atoms with Crippen LogP contribution in [0.1, 0.15) is 43.8 Å². The van der Waals surface area contributed by atoms with Crippen molar-refractivity contribution in [3.8, 4) is 5.82 Å². The first-order chi connectivity index (χ1) is 10.8. The molecule has 2 aromatic rings. The second-order valence-electron chi connectivity index (χ2n) is 6.09. The quantitative estimate of drug-likeness (QED) is 0.870. The lowest BCUT2D eigenvalue weighted by Crippen LogP contribution is -2.38. The highest BCUT2D eigenvalue weighted by Gasteiger charge is 2.36. The van der Waals surface area contributed by atoms with Crippen molar-refractivity contribution in [2.75, 3.05) is 6.54 Å². The van der Waals surface area contributed by atoms with Crippen LogP contribution in [0.3, 0.4) is 0 Å². The van der Waals surface area contributed by atoms with Crippen LogP contribution < -0.4 is 0 Å². The molecule has 22 heavy (non-hydrogen) atoms. The van der Waals surface area contributed by atoms with Crippen molar-refractivity contribution in [2.24, 2.45) is 5.92 Å². The van der Waals surface area contributed by atoms with E-state index in [0.29, 0.717) is 5.91 Å².